The van der Waals surface area contributed by atoms with E-state index < -0.39 is 12.1 Å². The first-order valence-corrected chi connectivity index (χ1v) is 10.1. The van der Waals surface area contributed by atoms with Crippen LogP contribution in [0.25, 0.3) is 12.2 Å². The zero-order valence-electron chi connectivity index (χ0n) is 17.6. The monoisotopic (exact) mass is 422 g/mol. The first-order chi connectivity index (χ1) is 14.9. The number of para-hydroxylation sites is 1. The van der Waals surface area contributed by atoms with Crippen LogP contribution in [0.2, 0.25) is 0 Å². The Balaban J connectivity index is 1.75. The topological polar surface area (TPSA) is 95.9 Å². The number of benzene rings is 2. The summed E-state index contributed by atoms with van der Waals surface area (Å²) in [5.74, 6) is -0.782. The summed E-state index contributed by atoms with van der Waals surface area (Å²) in [5.41, 5.74) is 3.99. The first-order valence-electron chi connectivity index (χ1n) is 10.1. The number of aliphatic hydroxyl groups is 1. The predicted octanol–water partition coefficient (Wildman–Crippen LogP) is 2.77. The van der Waals surface area contributed by atoms with Crippen molar-refractivity contribution >= 4 is 35.6 Å². The molecule has 0 bridgehead atoms. The second-order valence-corrected chi connectivity index (χ2v) is 7.39. The fraction of sp³-hybridized carbons (Fsp3) is 0.292. The van der Waals surface area contributed by atoms with Crippen molar-refractivity contribution in [2.75, 3.05) is 18.6 Å². The van der Waals surface area contributed by atoms with E-state index in [9.17, 15) is 19.5 Å². The maximum atomic E-state index is 12.6. The number of nitrogens with one attached hydrogen (secondary N) is 1. The smallest absolute Gasteiger partial charge is 0.305 e. The fourth-order valence-electron chi connectivity index (χ4n) is 3.43. The first kappa shape index (κ1) is 22.2. The molecule has 1 aliphatic rings. The zero-order chi connectivity index (χ0) is 22.4. The number of fused-ring (bicyclic) bond motifs is 2. The number of methoxy groups -OCH3 is 1. The third-order valence-corrected chi connectivity index (χ3v) is 5.19. The summed E-state index contributed by atoms with van der Waals surface area (Å²) in [7, 11) is 1.29. The van der Waals surface area contributed by atoms with Gasteiger partial charge >= 0.3 is 5.97 Å². The molecular formula is C24H26N2O5. The highest BCUT2D eigenvalue weighted by Crippen LogP contribution is 2.29. The lowest BCUT2D eigenvalue weighted by molar-refractivity contribution is -0.141. The van der Waals surface area contributed by atoms with Gasteiger partial charge in [-0.05, 0) is 41.3 Å². The molecule has 0 radical (unpaired) electrons. The number of aliphatic hydroxyl groups excluding tert-OH is 1. The van der Waals surface area contributed by atoms with Gasteiger partial charge in [-0.15, -0.1) is 0 Å². The Morgan fingerprint density at radius 3 is 2.61 bits per heavy atom. The molecule has 1 heterocycles. The molecule has 7 heteroatoms. The minimum Gasteiger partial charge on any atom is -0.469 e. The Kier molecular flexibility index (Phi) is 7.20. The van der Waals surface area contributed by atoms with E-state index >= 15 is 0 Å². The fourth-order valence-corrected chi connectivity index (χ4v) is 3.43. The van der Waals surface area contributed by atoms with E-state index in [0.29, 0.717) is 12.1 Å². The molecule has 162 valence electrons. The van der Waals surface area contributed by atoms with Gasteiger partial charge in [-0.3, -0.25) is 14.4 Å². The van der Waals surface area contributed by atoms with Crippen molar-refractivity contribution in [3.8, 4) is 0 Å². The number of carbonyl (C=O) groups excluding carboxylic acids is 3. The number of rotatable bonds is 6. The summed E-state index contributed by atoms with van der Waals surface area (Å²) in [6.45, 7) is 1.98. The standard InChI is InChI=1S/C24H26N2O5/c1-16(27)26-15-20-10-9-19(24(30)25-14-21(28)11-12-23(29)31-2)13-18(20)8-7-17-5-3-4-6-22(17)26/h3-10,13,21,28H,11-12,14-15H2,1-2H3,(H,25,30). The van der Waals surface area contributed by atoms with Gasteiger partial charge in [0.2, 0.25) is 5.91 Å². The van der Waals surface area contributed by atoms with Crippen molar-refractivity contribution in [2.45, 2.75) is 32.4 Å². The molecule has 2 aromatic rings. The van der Waals surface area contributed by atoms with Gasteiger partial charge < -0.3 is 20.1 Å². The lowest BCUT2D eigenvalue weighted by Gasteiger charge is -2.26. The maximum Gasteiger partial charge on any atom is 0.305 e. The Morgan fingerprint density at radius 1 is 1.13 bits per heavy atom. The number of amides is 2. The van der Waals surface area contributed by atoms with Gasteiger partial charge in [0.25, 0.3) is 5.91 Å². The van der Waals surface area contributed by atoms with Gasteiger partial charge in [0, 0.05) is 25.5 Å². The Labute approximate surface area is 181 Å². The molecule has 0 fully saturated rings. The molecule has 7 nitrogen and oxygen atoms in total. The van der Waals surface area contributed by atoms with Crippen molar-refractivity contribution in [3.63, 3.8) is 0 Å². The number of nitrogens with zero attached hydrogens (tertiary/aromatic N) is 1. The van der Waals surface area contributed by atoms with Crippen molar-refractivity contribution < 1.29 is 24.2 Å². The van der Waals surface area contributed by atoms with Crippen LogP contribution >= 0.6 is 0 Å². The van der Waals surface area contributed by atoms with Crippen molar-refractivity contribution in [3.05, 3.63) is 64.7 Å². The Morgan fingerprint density at radius 2 is 1.87 bits per heavy atom. The molecule has 2 aromatic carbocycles. The number of ether oxygens (including phenoxy) is 1. The van der Waals surface area contributed by atoms with Crippen LogP contribution < -0.4 is 10.2 Å². The van der Waals surface area contributed by atoms with Gasteiger partial charge in [0.05, 0.1) is 25.4 Å². The normalized spacial score (nSPS) is 13.3. The lowest BCUT2D eigenvalue weighted by atomic mass is 9.98. The summed E-state index contributed by atoms with van der Waals surface area (Å²) >= 11 is 0. The van der Waals surface area contributed by atoms with Crippen LogP contribution in [0.1, 0.15) is 46.8 Å². The predicted molar refractivity (Wildman–Crippen MR) is 118 cm³/mol. The second kappa shape index (κ2) is 10.0. The number of hydrogen-bond donors (Lipinski definition) is 2. The van der Waals surface area contributed by atoms with E-state index in [4.69, 9.17) is 0 Å². The molecule has 2 N–H and O–H groups in total. The SMILES string of the molecule is COC(=O)CCC(O)CNC(=O)c1ccc2c(c1)C=Cc1ccccc1N(C(C)=O)C2. The molecule has 1 atom stereocenters. The van der Waals surface area contributed by atoms with Crippen LogP contribution in [0.4, 0.5) is 5.69 Å². The van der Waals surface area contributed by atoms with Gasteiger partial charge in [-0.25, -0.2) is 0 Å². The molecule has 2 amide bonds. The molecule has 3 rings (SSSR count). The summed E-state index contributed by atoms with van der Waals surface area (Å²) in [6, 6.07) is 13.0. The third kappa shape index (κ3) is 5.58. The van der Waals surface area contributed by atoms with Crippen LogP contribution in [0.3, 0.4) is 0 Å². The Bertz CT molecular complexity index is 1010. The van der Waals surface area contributed by atoms with E-state index in [1.165, 1.54) is 14.0 Å². The molecular weight excluding hydrogens is 396 g/mol. The average molecular weight is 422 g/mol. The molecule has 1 unspecified atom stereocenters. The molecule has 0 aliphatic carbocycles. The van der Waals surface area contributed by atoms with E-state index in [1.807, 2.05) is 42.5 Å². The van der Waals surface area contributed by atoms with Crippen LogP contribution in [0.5, 0.6) is 0 Å². The summed E-state index contributed by atoms with van der Waals surface area (Å²) in [6.07, 6.45) is 3.33. The number of hydrogen-bond acceptors (Lipinski definition) is 5. The number of anilines is 1. The highest BCUT2D eigenvalue weighted by atomic mass is 16.5. The van der Waals surface area contributed by atoms with Crippen LogP contribution in [-0.2, 0) is 20.9 Å². The van der Waals surface area contributed by atoms with E-state index in [2.05, 4.69) is 10.1 Å². The molecule has 1 aliphatic heterocycles. The summed E-state index contributed by atoms with van der Waals surface area (Å²) in [4.78, 5) is 37.7. The van der Waals surface area contributed by atoms with Crippen LogP contribution in [-0.4, -0.2) is 42.6 Å². The highest BCUT2D eigenvalue weighted by Gasteiger charge is 2.19. The maximum absolute atomic E-state index is 12.6. The van der Waals surface area contributed by atoms with Gasteiger partial charge in [-0.2, -0.15) is 0 Å². The van der Waals surface area contributed by atoms with Crippen LogP contribution in [0.15, 0.2) is 42.5 Å². The van der Waals surface area contributed by atoms with E-state index in [0.717, 1.165) is 22.4 Å². The Hall–Kier alpha value is -3.45. The van der Waals surface area contributed by atoms with Gasteiger partial charge in [0.1, 0.15) is 0 Å². The summed E-state index contributed by atoms with van der Waals surface area (Å²) in [5, 5.41) is 12.6. The lowest BCUT2D eigenvalue weighted by Crippen LogP contribution is -2.32. The van der Waals surface area contributed by atoms with Crippen LogP contribution in [0, 0.1) is 0 Å². The number of esters is 1. The molecule has 31 heavy (non-hydrogen) atoms. The molecule has 0 aromatic heterocycles. The van der Waals surface area contributed by atoms with Crippen molar-refractivity contribution in [1.82, 2.24) is 5.32 Å². The summed E-state index contributed by atoms with van der Waals surface area (Å²) < 4.78 is 4.54. The van der Waals surface area contributed by atoms with Crippen molar-refractivity contribution in [2.24, 2.45) is 0 Å². The molecule has 0 spiro atoms. The number of carbonyl (C=O) groups is 3. The quantitative estimate of drug-likeness (QED) is 0.698. The van der Waals surface area contributed by atoms with Gasteiger partial charge in [-0.1, -0.05) is 36.4 Å². The van der Waals surface area contributed by atoms with Gasteiger partial charge in [0.15, 0.2) is 0 Å². The molecule has 0 saturated carbocycles. The zero-order valence-corrected chi connectivity index (χ0v) is 17.6. The second-order valence-electron chi connectivity index (χ2n) is 7.39. The van der Waals surface area contributed by atoms with E-state index in [-0.39, 0.29) is 31.2 Å². The van der Waals surface area contributed by atoms with E-state index in [1.54, 1.807) is 17.0 Å². The molecule has 0 saturated heterocycles. The largest absolute Gasteiger partial charge is 0.469 e. The minimum absolute atomic E-state index is 0.0360. The third-order valence-electron chi connectivity index (χ3n) is 5.19. The average Bonchev–Trinajstić information content (AvgIpc) is 2.76. The van der Waals surface area contributed by atoms with Crippen molar-refractivity contribution in [1.29, 1.82) is 0 Å². The minimum atomic E-state index is -0.840. The highest BCUT2D eigenvalue weighted by molar-refractivity contribution is 5.97.